The quantitative estimate of drug-likeness (QED) is 0.814. The maximum Gasteiger partial charge on any atom is 0.255 e. The number of hydrogen-bond acceptors (Lipinski definition) is 2. The molecule has 0 unspecified atom stereocenters. The summed E-state index contributed by atoms with van der Waals surface area (Å²) in [6.45, 7) is 0. The van der Waals surface area contributed by atoms with Gasteiger partial charge >= 0.3 is 0 Å². The highest BCUT2D eigenvalue weighted by Gasteiger charge is 2.12. The van der Waals surface area contributed by atoms with E-state index in [1.165, 1.54) is 12.1 Å². The summed E-state index contributed by atoms with van der Waals surface area (Å²) in [5, 5.41) is 12.6. The number of aromatic hydroxyl groups is 1. The van der Waals surface area contributed by atoms with Crippen molar-refractivity contribution in [3.05, 3.63) is 56.5 Å². The topological polar surface area (TPSA) is 49.3 Å². The predicted octanol–water partition coefficient (Wildman–Crippen LogP) is 4.71. The predicted molar refractivity (Wildman–Crippen MR) is 80.2 cm³/mol. The number of phenolic OH excluding ortho intramolecular Hbond substituents is 1. The zero-order valence-electron chi connectivity index (χ0n) is 9.45. The van der Waals surface area contributed by atoms with Gasteiger partial charge in [0.15, 0.2) is 0 Å². The second-order valence-corrected chi connectivity index (χ2v) is 5.48. The molecule has 6 heteroatoms. The molecule has 0 saturated carbocycles. The third kappa shape index (κ3) is 3.41. The number of anilines is 1. The molecule has 0 aromatic heterocycles. The van der Waals surface area contributed by atoms with Crippen LogP contribution in [0.4, 0.5) is 5.69 Å². The number of carbonyl (C=O) groups is 1. The molecule has 2 aromatic carbocycles. The first kappa shape index (κ1) is 14.2. The highest BCUT2D eigenvalue weighted by Crippen LogP contribution is 2.34. The molecular formula is C13H8BrCl2NO2. The minimum atomic E-state index is -0.401. The molecule has 0 fully saturated rings. The summed E-state index contributed by atoms with van der Waals surface area (Å²) in [6, 6.07) is 9.26. The van der Waals surface area contributed by atoms with E-state index in [-0.39, 0.29) is 5.75 Å². The van der Waals surface area contributed by atoms with E-state index in [2.05, 4.69) is 21.2 Å². The number of hydrogen-bond donors (Lipinski definition) is 2. The fourth-order valence-electron chi connectivity index (χ4n) is 1.49. The van der Waals surface area contributed by atoms with Crippen molar-refractivity contribution in [1.29, 1.82) is 0 Å². The van der Waals surface area contributed by atoms with Crippen molar-refractivity contribution in [1.82, 2.24) is 0 Å². The van der Waals surface area contributed by atoms with E-state index >= 15 is 0 Å². The molecule has 0 aliphatic rings. The Morgan fingerprint density at radius 3 is 2.37 bits per heavy atom. The van der Waals surface area contributed by atoms with Gasteiger partial charge < -0.3 is 10.4 Å². The van der Waals surface area contributed by atoms with Crippen molar-refractivity contribution in [2.75, 3.05) is 5.32 Å². The number of phenols is 1. The Morgan fingerprint density at radius 2 is 1.79 bits per heavy atom. The van der Waals surface area contributed by atoms with Crippen LogP contribution in [0.3, 0.4) is 0 Å². The first-order valence-electron chi connectivity index (χ1n) is 5.22. The van der Waals surface area contributed by atoms with Crippen LogP contribution in [0, 0.1) is 0 Å². The van der Waals surface area contributed by atoms with E-state index in [0.717, 1.165) is 4.47 Å². The van der Waals surface area contributed by atoms with Crippen LogP contribution >= 0.6 is 39.1 Å². The van der Waals surface area contributed by atoms with Gasteiger partial charge in [0.05, 0.1) is 15.7 Å². The van der Waals surface area contributed by atoms with E-state index in [1.54, 1.807) is 24.3 Å². The third-order valence-electron chi connectivity index (χ3n) is 2.35. The molecule has 2 rings (SSSR count). The number of rotatable bonds is 2. The monoisotopic (exact) mass is 359 g/mol. The molecule has 0 spiro atoms. The van der Waals surface area contributed by atoms with Crippen LogP contribution in [-0.4, -0.2) is 11.0 Å². The van der Waals surface area contributed by atoms with Gasteiger partial charge in [-0.2, -0.15) is 0 Å². The molecule has 0 bridgehead atoms. The maximum atomic E-state index is 12.0. The Kier molecular flexibility index (Phi) is 4.34. The molecule has 0 saturated heterocycles. The molecule has 0 heterocycles. The van der Waals surface area contributed by atoms with Gasteiger partial charge in [0, 0.05) is 10.0 Å². The molecule has 1 amide bonds. The molecule has 0 radical (unpaired) electrons. The molecule has 2 aromatic rings. The lowest BCUT2D eigenvalue weighted by atomic mass is 10.2. The second kappa shape index (κ2) is 5.82. The van der Waals surface area contributed by atoms with Gasteiger partial charge in [-0.05, 0) is 30.3 Å². The van der Waals surface area contributed by atoms with Gasteiger partial charge in [-0.3, -0.25) is 4.79 Å². The minimum Gasteiger partial charge on any atom is -0.508 e. The van der Waals surface area contributed by atoms with Gasteiger partial charge in [0.25, 0.3) is 5.91 Å². The molecule has 0 aliphatic carbocycles. The number of benzene rings is 2. The number of nitrogens with one attached hydrogen (secondary N) is 1. The summed E-state index contributed by atoms with van der Waals surface area (Å²) < 4.78 is 0.720. The van der Waals surface area contributed by atoms with Crippen LogP contribution in [0.5, 0.6) is 5.75 Å². The summed E-state index contributed by atoms with van der Waals surface area (Å²) in [6.07, 6.45) is 0. The van der Waals surface area contributed by atoms with Crippen molar-refractivity contribution in [3.63, 3.8) is 0 Å². The third-order valence-corrected chi connectivity index (χ3v) is 3.41. The van der Waals surface area contributed by atoms with E-state index in [4.69, 9.17) is 23.2 Å². The lowest BCUT2D eigenvalue weighted by molar-refractivity contribution is 0.102. The number of halogens is 3. The van der Waals surface area contributed by atoms with E-state index in [0.29, 0.717) is 21.3 Å². The molecular weight excluding hydrogens is 353 g/mol. The summed E-state index contributed by atoms with van der Waals surface area (Å²) in [5.74, 6) is -0.386. The Hall–Kier alpha value is -1.23. The van der Waals surface area contributed by atoms with Crippen molar-refractivity contribution < 1.29 is 9.90 Å². The van der Waals surface area contributed by atoms with E-state index in [1.807, 2.05) is 0 Å². The molecule has 0 aliphatic heterocycles. The van der Waals surface area contributed by atoms with Crippen molar-refractivity contribution in [2.45, 2.75) is 0 Å². The van der Waals surface area contributed by atoms with Gasteiger partial charge in [0.1, 0.15) is 5.75 Å². The maximum absolute atomic E-state index is 12.0. The molecule has 3 nitrogen and oxygen atoms in total. The van der Waals surface area contributed by atoms with Crippen molar-refractivity contribution >= 4 is 50.7 Å². The fraction of sp³-hybridized carbons (Fsp3) is 0. The number of carbonyl (C=O) groups excluding carboxylic acids is 1. The Balaban J connectivity index is 2.29. The average molecular weight is 361 g/mol. The zero-order chi connectivity index (χ0) is 14.0. The zero-order valence-corrected chi connectivity index (χ0v) is 12.6. The Labute approximate surface area is 128 Å². The van der Waals surface area contributed by atoms with E-state index < -0.39 is 5.91 Å². The van der Waals surface area contributed by atoms with E-state index in [9.17, 15) is 9.90 Å². The second-order valence-electron chi connectivity index (χ2n) is 3.75. The van der Waals surface area contributed by atoms with Crippen LogP contribution in [0.25, 0.3) is 0 Å². The Morgan fingerprint density at radius 1 is 1.16 bits per heavy atom. The van der Waals surface area contributed by atoms with Crippen LogP contribution in [0.1, 0.15) is 10.4 Å². The summed E-state index contributed by atoms with van der Waals surface area (Å²) in [5.41, 5.74) is 0.648. The lowest BCUT2D eigenvalue weighted by Gasteiger charge is -2.10. The average Bonchev–Trinajstić information content (AvgIpc) is 2.33. The number of amides is 1. The van der Waals surface area contributed by atoms with Crippen LogP contribution in [0.2, 0.25) is 10.0 Å². The van der Waals surface area contributed by atoms with Crippen LogP contribution in [0.15, 0.2) is 40.9 Å². The molecule has 19 heavy (non-hydrogen) atoms. The van der Waals surface area contributed by atoms with Gasteiger partial charge in [-0.25, -0.2) is 0 Å². The standard InChI is InChI=1S/C13H8BrCl2NO2/c14-8-5-10(15)12(11(16)6-8)17-13(19)7-2-1-3-9(18)4-7/h1-6,18H,(H,17,19). The summed E-state index contributed by atoms with van der Waals surface area (Å²) >= 11 is 15.3. The Bertz CT molecular complexity index is 623. The van der Waals surface area contributed by atoms with Gasteiger partial charge in [-0.1, -0.05) is 45.2 Å². The molecule has 98 valence electrons. The normalized spacial score (nSPS) is 10.3. The van der Waals surface area contributed by atoms with Crippen LogP contribution in [-0.2, 0) is 0 Å². The first-order chi connectivity index (χ1) is 8.97. The van der Waals surface area contributed by atoms with Crippen molar-refractivity contribution in [2.24, 2.45) is 0 Å². The minimum absolute atomic E-state index is 0.0145. The fourth-order valence-corrected chi connectivity index (χ4v) is 2.80. The molecule has 2 N–H and O–H groups in total. The highest BCUT2D eigenvalue weighted by molar-refractivity contribution is 9.10. The summed E-state index contributed by atoms with van der Waals surface area (Å²) in [7, 11) is 0. The first-order valence-corrected chi connectivity index (χ1v) is 6.77. The largest absolute Gasteiger partial charge is 0.508 e. The highest BCUT2D eigenvalue weighted by atomic mass is 79.9. The SMILES string of the molecule is O=C(Nc1c(Cl)cc(Br)cc1Cl)c1cccc(O)c1. The van der Waals surface area contributed by atoms with Gasteiger partial charge in [0.2, 0.25) is 0 Å². The lowest BCUT2D eigenvalue weighted by Crippen LogP contribution is -2.12. The van der Waals surface area contributed by atoms with Crippen LogP contribution < -0.4 is 5.32 Å². The smallest absolute Gasteiger partial charge is 0.255 e. The van der Waals surface area contributed by atoms with Gasteiger partial charge in [-0.15, -0.1) is 0 Å². The summed E-state index contributed by atoms with van der Waals surface area (Å²) in [4.78, 5) is 12.0. The van der Waals surface area contributed by atoms with Crippen molar-refractivity contribution in [3.8, 4) is 5.75 Å². The molecule has 0 atom stereocenters.